The third-order valence-corrected chi connectivity index (χ3v) is 3.71. The van der Waals surface area contributed by atoms with Gasteiger partial charge in [-0.2, -0.15) is 0 Å². The number of carbonyl (C=O) groups is 1. The number of hydrogen-bond acceptors (Lipinski definition) is 2. The average molecular weight is 279 g/mol. The summed E-state index contributed by atoms with van der Waals surface area (Å²) in [5.41, 5.74) is 2.66. The first kappa shape index (κ1) is 13.6. The van der Waals surface area contributed by atoms with Crippen LogP contribution in [0.15, 0.2) is 67.2 Å². The van der Waals surface area contributed by atoms with Crippen LogP contribution in [-0.2, 0) is 9.53 Å². The van der Waals surface area contributed by atoms with Gasteiger partial charge in [0.25, 0.3) is 5.91 Å². The summed E-state index contributed by atoms with van der Waals surface area (Å²) in [4.78, 5) is 14.0. The van der Waals surface area contributed by atoms with Crippen molar-refractivity contribution in [2.75, 3.05) is 7.05 Å². The van der Waals surface area contributed by atoms with Crippen LogP contribution in [-0.4, -0.2) is 24.0 Å². The first-order valence-electron chi connectivity index (χ1n) is 6.91. The van der Waals surface area contributed by atoms with Gasteiger partial charge in [-0.15, -0.1) is 0 Å². The van der Waals surface area contributed by atoms with Crippen molar-refractivity contribution in [3.8, 4) is 0 Å². The Balaban J connectivity index is 1.68. The summed E-state index contributed by atoms with van der Waals surface area (Å²) >= 11 is 0. The van der Waals surface area contributed by atoms with Crippen molar-refractivity contribution in [2.45, 2.75) is 12.2 Å². The Kier molecular flexibility index (Phi) is 3.59. The number of carbonyl (C=O) groups excluding carboxylic acids is 1. The smallest absolute Gasteiger partial charge is 0.258 e. The quantitative estimate of drug-likeness (QED) is 0.805. The maximum absolute atomic E-state index is 12.4. The molecule has 0 saturated carbocycles. The Morgan fingerprint density at radius 1 is 1.05 bits per heavy atom. The third kappa shape index (κ3) is 2.73. The molecule has 1 heterocycles. The highest BCUT2D eigenvalue weighted by molar-refractivity contribution is 5.91. The topological polar surface area (TPSA) is 32.8 Å². The van der Waals surface area contributed by atoms with Gasteiger partial charge < -0.3 is 9.64 Å². The number of benzene rings is 2. The molecule has 0 spiro atoms. The van der Waals surface area contributed by atoms with Gasteiger partial charge in [-0.3, -0.25) is 4.79 Å². The van der Waals surface area contributed by atoms with E-state index >= 15 is 0 Å². The van der Waals surface area contributed by atoms with Crippen molar-refractivity contribution in [3.05, 3.63) is 78.4 Å². The molecule has 3 nitrogen and oxygen atoms in total. The molecule has 3 rings (SSSR count). The zero-order chi connectivity index (χ0) is 14.8. The molecule has 1 aliphatic heterocycles. The zero-order valence-corrected chi connectivity index (χ0v) is 11.9. The number of likely N-dealkylation sites (N-methyl/N-ethyl adjacent to an activating group) is 1. The van der Waals surface area contributed by atoms with Crippen LogP contribution in [0, 0.1) is 0 Å². The second-order valence-electron chi connectivity index (χ2n) is 5.10. The lowest BCUT2D eigenvalue weighted by Crippen LogP contribution is -2.29. The fourth-order valence-corrected chi connectivity index (χ4v) is 2.34. The molecule has 2 atom stereocenters. The number of nitrogens with zero attached hydrogens (tertiary/aromatic N) is 1. The maximum Gasteiger partial charge on any atom is 0.258 e. The summed E-state index contributed by atoms with van der Waals surface area (Å²) in [5, 5.41) is 0. The molecule has 106 valence electrons. The van der Waals surface area contributed by atoms with Crippen molar-refractivity contribution in [3.63, 3.8) is 0 Å². The van der Waals surface area contributed by atoms with Gasteiger partial charge in [0.15, 0.2) is 6.10 Å². The average Bonchev–Trinajstić information content (AvgIpc) is 3.35. The molecular weight excluding hydrogens is 262 g/mol. The molecule has 1 saturated heterocycles. The number of epoxide rings is 1. The van der Waals surface area contributed by atoms with Crippen LogP contribution in [0.2, 0.25) is 0 Å². The molecule has 0 N–H and O–H groups in total. The van der Waals surface area contributed by atoms with Gasteiger partial charge in [0.05, 0.1) is 0 Å². The second kappa shape index (κ2) is 5.54. The van der Waals surface area contributed by atoms with E-state index < -0.39 is 6.10 Å². The van der Waals surface area contributed by atoms with E-state index in [4.69, 9.17) is 4.74 Å². The SMILES string of the molecule is C=C(c1ccccc1)N(C)C(=O)[C@@H]1O[C@H]1c1ccccc1. The largest absolute Gasteiger partial charge is 0.354 e. The van der Waals surface area contributed by atoms with E-state index in [0.29, 0.717) is 5.70 Å². The van der Waals surface area contributed by atoms with Crippen LogP contribution in [0.1, 0.15) is 17.2 Å². The Labute approximate surface area is 124 Å². The molecule has 2 aromatic rings. The van der Waals surface area contributed by atoms with Crippen LogP contribution < -0.4 is 0 Å². The molecule has 2 aromatic carbocycles. The van der Waals surface area contributed by atoms with Crippen LogP contribution in [0.4, 0.5) is 0 Å². The van der Waals surface area contributed by atoms with Crippen molar-refractivity contribution in [1.82, 2.24) is 4.90 Å². The minimum absolute atomic E-state index is 0.0577. The summed E-state index contributed by atoms with van der Waals surface area (Å²) in [6.45, 7) is 4.00. The fraction of sp³-hybridized carbons (Fsp3) is 0.167. The van der Waals surface area contributed by atoms with Crippen LogP contribution in [0.5, 0.6) is 0 Å². The highest BCUT2D eigenvalue weighted by Crippen LogP contribution is 2.40. The highest BCUT2D eigenvalue weighted by atomic mass is 16.6. The molecule has 0 radical (unpaired) electrons. The minimum atomic E-state index is -0.405. The summed E-state index contributed by atoms with van der Waals surface area (Å²) in [6.07, 6.45) is -0.539. The second-order valence-corrected chi connectivity index (χ2v) is 5.10. The fourth-order valence-electron chi connectivity index (χ4n) is 2.34. The minimum Gasteiger partial charge on any atom is -0.354 e. The normalized spacial score (nSPS) is 19.9. The number of rotatable bonds is 4. The Morgan fingerprint density at radius 3 is 2.24 bits per heavy atom. The number of hydrogen-bond donors (Lipinski definition) is 0. The first-order chi connectivity index (χ1) is 10.2. The Hall–Kier alpha value is -2.39. The molecule has 0 bridgehead atoms. The van der Waals surface area contributed by atoms with Crippen molar-refractivity contribution < 1.29 is 9.53 Å². The predicted molar refractivity (Wildman–Crippen MR) is 82.3 cm³/mol. The molecule has 1 fully saturated rings. The summed E-state index contributed by atoms with van der Waals surface area (Å²) in [5.74, 6) is -0.0577. The molecular formula is C18H17NO2. The lowest BCUT2D eigenvalue weighted by molar-refractivity contribution is -0.128. The number of ether oxygens (including phenoxy) is 1. The molecule has 1 amide bonds. The lowest BCUT2D eigenvalue weighted by Gasteiger charge is -2.19. The molecule has 0 aromatic heterocycles. The predicted octanol–water partition coefficient (Wildman–Crippen LogP) is 3.26. The van der Waals surface area contributed by atoms with Gasteiger partial charge in [-0.05, 0) is 11.1 Å². The van der Waals surface area contributed by atoms with E-state index in [-0.39, 0.29) is 12.0 Å². The molecule has 0 aliphatic carbocycles. The standard InChI is InChI=1S/C18H17NO2/c1-13(14-9-5-3-6-10-14)19(2)18(20)17-16(21-17)15-11-7-4-8-12-15/h3-12,16-17H,1H2,2H3/t16-,17+/m0/s1. The van der Waals surface area contributed by atoms with E-state index in [2.05, 4.69) is 6.58 Å². The Bertz CT molecular complexity index is 651. The van der Waals surface area contributed by atoms with Crippen molar-refractivity contribution >= 4 is 11.6 Å². The van der Waals surface area contributed by atoms with Crippen molar-refractivity contribution in [1.29, 1.82) is 0 Å². The van der Waals surface area contributed by atoms with Crippen molar-refractivity contribution in [2.24, 2.45) is 0 Å². The van der Waals surface area contributed by atoms with Gasteiger partial charge in [-0.25, -0.2) is 0 Å². The first-order valence-corrected chi connectivity index (χ1v) is 6.91. The lowest BCUT2D eigenvalue weighted by atomic mass is 10.1. The number of amides is 1. The van der Waals surface area contributed by atoms with Gasteiger partial charge >= 0.3 is 0 Å². The Morgan fingerprint density at radius 2 is 1.62 bits per heavy atom. The summed E-state index contributed by atoms with van der Waals surface area (Å²) < 4.78 is 5.54. The van der Waals surface area contributed by atoms with Crippen LogP contribution >= 0.6 is 0 Å². The molecule has 21 heavy (non-hydrogen) atoms. The van der Waals surface area contributed by atoms with Gasteiger partial charge in [0.1, 0.15) is 6.10 Å². The van der Waals surface area contributed by atoms with Gasteiger partial charge in [-0.1, -0.05) is 67.2 Å². The highest BCUT2D eigenvalue weighted by Gasteiger charge is 2.47. The molecule has 3 heteroatoms. The monoisotopic (exact) mass is 279 g/mol. The van der Waals surface area contributed by atoms with E-state index in [1.807, 2.05) is 60.7 Å². The van der Waals surface area contributed by atoms with E-state index in [0.717, 1.165) is 11.1 Å². The molecule has 1 aliphatic rings. The third-order valence-electron chi connectivity index (χ3n) is 3.71. The zero-order valence-electron chi connectivity index (χ0n) is 11.9. The van der Waals surface area contributed by atoms with Gasteiger partial charge in [0, 0.05) is 12.7 Å². The van der Waals surface area contributed by atoms with E-state index in [9.17, 15) is 4.79 Å². The van der Waals surface area contributed by atoms with Gasteiger partial charge in [0.2, 0.25) is 0 Å². The van der Waals surface area contributed by atoms with E-state index in [1.165, 1.54) is 0 Å². The summed E-state index contributed by atoms with van der Waals surface area (Å²) in [6, 6.07) is 19.5. The van der Waals surface area contributed by atoms with E-state index in [1.54, 1.807) is 11.9 Å². The summed E-state index contributed by atoms with van der Waals surface area (Å²) in [7, 11) is 1.74. The van der Waals surface area contributed by atoms with Crippen LogP contribution in [0.3, 0.4) is 0 Å². The maximum atomic E-state index is 12.4. The molecule has 0 unspecified atom stereocenters. The van der Waals surface area contributed by atoms with Crippen LogP contribution in [0.25, 0.3) is 5.70 Å².